The van der Waals surface area contributed by atoms with Gasteiger partial charge in [-0.2, -0.15) is 9.36 Å². The van der Waals surface area contributed by atoms with Crippen LogP contribution in [-0.2, 0) is 5.75 Å². The van der Waals surface area contributed by atoms with Crippen molar-refractivity contribution in [1.29, 1.82) is 0 Å². The summed E-state index contributed by atoms with van der Waals surface area (Å²) in [6, 6.07) is 16.3. The first-order valence-corrected chi connectivity index (χ1v) is 8.33. The van der Waals surface area contributed by atoms with Crippen LogP contribution < -0.4 is 0 Å². The van der Waals surface area contributed by atoms with E-state index < -0.39 is 0 Å². The van der Waals surface area contributed by atoms with E-state index in [-0.39, 0.29) is 5.75 Å². The number of aromatic nitrogens is 8. The van der Waals surface area contributed by atoms with E-state index in [0.717, 1.165) is 11.4 Å². The lowest BCUT2D eigenvalue weighted by atomic mass is 10.3. The molecule has 4 rings (SSSR count). The molecule has 124 valence electrons. The van der Waals surface area contributed by atoms with E-state index in [0.29, 0.717) is 16.7 Å². The lowest BCUT2D eigenvalue weighted by molar-refractivity contribution is 0.475. The van der Waals surface area contributed by atoms with Gasteiger partial charge in [0, 0.05) is 0 Å². The van der Waals surface area contributed by atoms with Crippen LogP contribution in [0, 0.1) is 0 Å². The SMILES string of the molecule is Oc1ccc(-n2nnnc2SCc2nnnn2-c2ccccc2)cc1. The largest absolute Gasteiger partial charge is 0.508 e. The Labute approximate surface area is 146 Å². The minimum Gasteiger partial charge on any atom is -0.508 e. The zero-order valence-corrected chi connectivity index (χ0v) is 13.7. The van der Waals surface area contributed by atoms with Crippen LogP contribution >= 0.6 is 11.8 Å². The number of hydrogen-bond acceptors (Lipinski definition) is 8. The maximum atomic E-state index is 9.40. The van der Waals surface area contributed by atoms with Gasteiger partial charge in [0.15, 0.2) is 5.82 Å². The summed E-state index contributed by atoms with van der Waals surface area (Å²) in [4.78, 5) is 0. The van der Waals surface area contributed by atoms with Crippen molar-refractivity contribution in [2.24, 2.45) is 0 Å². The fraction of sp³-hybridized carbons (Fsp3) is 0.0667. The minimum absolute atomic E-state index is 0.188. The lowest BCUT2D eigenvalue weighted by Crippen LogP contribution is -2.03. The first kappa shape index (κ1) is 15.3. The number of hydrogen-bond donors (Lipinski definition) is 1. The van der Waals surface area contributed by atoms with Gasteiger partial charge >= 0.3 is 0 Å². The van der Waals surface area contributed by atoms with E-state index in [1.807, 2.05) is 30.3 Å². The number of thioether (sulfide) groups is 1. The number of para-hydroxylation sites is 1. The van der Waals surface area contributed by atoms with Gasteiger partial charge < -0.3 is 5.11 Å². The van der Waals surface area contributed by atoms with Gasteiger partial charge in [0.05, 0.1) is 17.1 Å². The third-order valence-electron chi connectivity index (χ3n) is 3.40. The van der Waals surface area contributed by atoms with Gasteiger partial charge in [-0.3, -0.25) is 0 Å². The molecule has 4 aromatic rings. The topological polar surface area (TPSA) is 107 Å². The van der Waals surface area contributed by atoms with Crippen molar-refractivity contribution in [2.45, 2.75) is 10.9 Å². The highest BCUT2D eigenvalue weighted by Gasteiger charge is 2.13. The molecule has 9 nitrogen and oxygen atoms in total. The minimum atomic E-state index is 0.188. The molecule has 2 heterocycles. The lowest BCUT2D eigenvalue weighted by Gasteiger charge is -2.05. The van der Waals surface area contributed by atoms with Crippen molar-refractivity contribution < 1.29 is 5.11 Å². The molecule has 0 aliphatic carbocycles. The molecule has 0 aliphatic rings. The van der Waals surface area contributed by atoms with Gasteiger partial charge in [-0.15, -0.1) is 10.2 Å². The third-order valence-corrected chi connectivity index (χ3v) is 4.32. The van der Waals surface area contributed by atoms with E-state index in [9.17, 15) is 5.11 Å². The Hall–Kier alpha value is -3.27. The average Bonchev–Trinajstić information content (AvgIpc) is 3.30. The third kappa shape index (κ3) is 3.19. The summed E-state index contributed by atoms with van der Waals surface area (Å²) in [5.74, 6) is 1.38. The maximum absolute atomic E-state index is 9.40. The first-order valence-electron chi connectivity index (χ1n) is 7.34. The Morgan fingerprint density at radius 3 is 2.28 bits per heavy atom. The molecule has 0 aliphatic heterocycles. The van der Waals surface area contributed by atoms with Crippen LogP contribution in [0.4, 0.5) is 0 Å². The van der Waals surface area contributed by atoms with Crippen LogP contribution in [-0.4, -0.2) is 45.5 Å². The summed E-state index contributed by atoms with van der Waals surface area (Å²) in [6.07, 6.45) is 0. The smallest absolute Gasteiger partial charge is 0.214 e. The van der Waals surface area contributed by atoms with E-state index in [4.69, 9.17) is 0 Å². The van der Waals surface area contributed by atoms with Gasteiger partial charge in [-0.1, -0.05) is 30.0 Å². The number of nitrogens with zero attached hydrogens (tertiary/aromatic N) is 8. The zero-order valence-electron chi connectivity index (χ0n) is 12.8. The van der Waals surface area contributed by atoms with Gasteiger partial charge in [0.25, 0.3) is 0 Å². The molecule has 0 radical (unpaired) electrons. The molecular formula is C15H12N8OS. The highest BCUT2D eigenvalue weighted by atomic mass is 32.2. The normalized spacial score (nSPS) is 10.9. The van der Waals surface area contributed by atoms with Crippen molar-refractivity contribution in [2.75, 3.05) is 0 Å². The molecule has 0 fully saturated rings. The van der Waals surface area contributed by atoms with Crippen molar-refractivity contribution in [3.63, 3.8) is 0 Å². The second-order valence-corrected chi connectivity index (χ2v) is 5.96. The Kier molecular flexibility index (Phi) is 4.09. The van der Waals surface area contributed by atoms with Crippen molar-refractivity contribution in [1.82, 2.24) is 40.4 Å². The van der Waals surface area contributed by atoms with Crippen LogP contribution in [0.15, 0.2) is 59.8 Å². The van der Waals surface area contributed by atoms with E-state index in [1.165, 1.54) is 11.8 Å². The predicted molar refractivity (Wildman–Crippen MR) is 89.5 cm³/mol. The molecule has 0 spiro atoms. The van der Waals surface area contributed by atoms with Gasteiger partial charge in [0.1, 0.15) is 5.75 Å². The number of rotatable bonds is 5. The Balaban J connectivity index is 1.55. The summed E-state index contributed by atoms with van der Waals surface area (Å²) in [5.41, 5.74) is 1.65. The van der Waals surface area contributed by atoms with Crippen LogP contribution in [0.3, 0.4) is 0 Å². The highest BCUT2D eigenvalue weighted by molar-refractivity contribution is 7.98. The standard InChI is InChI=1S/C15H12N8OS/c24-13-8-6-12(7-9-13)23-15(17-19-21-23)25-10-14-16-18-20-22(14)11-4-2-1-3-5-11/h1-9,24H,10H2. The molecule has 0 unspecified atom stereocenters. The van der Waals surface area contributed by atoms with Gasteiger partial charge in [-0.25, -0.2) is 0 Å². The molecule has 1 N–H and O–H groups in total. The quantitative estimate of drug-likeness (QED) is 0.540. The van der Waals surface area contributed by atoms with Crippen molar-refractivity contribution >= 4 is 11.8 Å². The van der Waals surface area contributed by atoms with Gasteiger partial charge in [-0.05, 0) is 57.3 Å². The number of phenols is 1. The molecule has 25 heavy (non-hydrogen) atoms. The maximum Gasteiger partial charge on any atom is 0.214 e. The number of phenolic OH excluding ortho intramolecular Hbond substituents is 1. The fourth-order valence-corrected chi connectivity index (χ4v) is 3.02. The summed E-state index contributed by atoms with van der Waals surface area (Å²) < 4.78 is 3.28. The molecule has 0 bridgehead atoms. The van der Waals surface area contributed by atoms with E-state index in [1.54, 1.807) is 33.6 Å². The zero-order chi connectivity index (χ0) is 17.1. The number of tetrazole rings is 2. The number of benzene rings is 2. The molecular weight excluding hydrogens is 340 g/mol. The predicted octanol–water partition coefficient (Wildman–Crippen LogP) is 1.64. The summed E-state index contributed by atoms with van der Waals surface area (Å²) in [5, 5.41) is 33.6. The van der Waals surface area contributed by atoms with Crippen LogP contribution in [0.1, 0.15) is 5.82 Å². The summed E-state index contributed by atoms with van der Waals surface area (Å²) in [6.45, 7) is 0. The van der Waals surface area contributed by atoms with E-state index in [2.05, 4.69) is 31.1 Å². The highest BCUT2D eigenvalue weighted by Crippen LogP contribution is 2.23. The fourth-order valence-electron chi connectivity index (χ4n) is 2.22. The number of aromatic hydroxyl groups is 1. The van der Waals surface area contributed by atoms with Crippen molar-refractivity contribution in [3.8, 4) is 17.1 Å². The molecule has 10 heteroatoms. The van der Waals surface area contributed by atoms with Crippen molar-refractivity contribution in [3.05, 3.63) is 60.4 Å². The molecule has 0 saturated carbocycles. The van der Waals surface area contributed by atoms with Crippen LogP contribution in [0.5, 0.6) is 5.75 Å². The molecule has 2 aromatic heterocycles. The Morgan fingerprint density at radius 1 is 0.800 bits per heavy atom. The molecule has 0 amide bonds. The first-order chi connectivity index (χ1) is 12.3. The summed E-state index contributed by atoms with van der Waals surface area (Å²) >= 11 is 1.42. The Bertz CT molecular complexity index is 967. The van der Waals surface area contributed by atoms with Crippen LogP contribution in [0.2, 0.25) is 0 Å². The molecule has 0 atom stereocenters. The second-order valence-electron chi connectivity index (χ2n) is 5.02. The second kappa shape index (κ2) is 6.69. The Morgan fingerprint density at radius 2 is 1.48 bits per heavy atom. The van der Waals surface area contributed by atoms with Gasteiger partial charge in [0.2, 0.25) is 5.16 Å². The summed E-state index contributed by atoms with van der Waals surface area (Å²) in [7, 11) is 0. The molecule has 2 aromatic carbocycles. The van der Waals surface area contributed by atoms with E-state index >= 15 is 0 Å². The molecule has 0 saturated heterocycles. The monoisotopic (exact) mass is 352 g/mol. The van der Waals surface area contributed by atoms with Crippen LogP contribution in [0.25, 0.3) is 11.4 Å². The average molecular weight is 352 g/mol.